The Balaban J connectivity index is 3.32. The van der Waals surface area contributed by atoms with Crippen LogP contribution in [0.5, 0.6) is 5.75 Å². The molecule has 0 bridgehead atoms. The van der Waals surface area contributed by atoms with Gasteiger partial charge in [-0.3, -0.25) is 0 Å². The van der Waals surface area contributed by atoms with Crippen molar-refractivity contribution in [3.05, 3.63) is 27.4 Å². The van der Waals surface area contributed by atoms with Crippen LogP contribution in [-0.4, -0.2) is 16.3 Å². The highest BCUT2D eigenvalue weighted by molar-refractivity contribution is 5.48. The number of rotatable bonds is 3. The van der Waals surface area contributed by atoms with Gasteiger partial charge in [-0.15, -0.1) is 13.2 Å². The van der Waals surface area contributed by atoms with Gasteiger partial charge in [0, 0.05) is 6.54 Å². The predicted octanol–water partition coefficient (Wildman–Crippen LogP) is 1.66. The summed E-state index contributed by atoms with van der Waals surface area (Å²) in [7, 11) is 0. The zero-order chi connectivity index (χ0) is 13.2. The fraction of sp³-hybridized carbons (Fsp3) is 0.375. The molecule has 0 atom stereocenters. The topological polar surface area (TPSA) is 91.3 Å². The van der Waals surface area contributed by atoms with E-state index in [0.29, 0.717) is 0 Å². The van der Waals surface area contributed by atoms with Crippen LogP contribution in [0.1, 0.15) is 11.1 Å². The number of ether oxygens (including phenoxy) is 1. The van der Waals surface area contributed by atoms with E-state index in [9.17, 15) is 23.3 Å². The van der Waals surface area contributed by atoms with Crippen molar-refractivity contribution in [3.63, 3.8) is 0 Å². The maximum Gasteiger partial charge on any atom is 0.573 e. The third-order valence-corrected chi connectivity index (χ3v) is 1.92. The van der Waals surface area contributed by atoms with Gasteiger partial charge >= 0.3 is 12.2 Å². The Hall–Kier alpha value is -1.90. The van der Waals surface area contributed by atoms with Gasteiger partial charge in [-0.1, -0.05) is 0 Å². The Morgan fingerprint density at radius 3 is 2.59 bits per heavy atom. The molecule has 1 aromatic heterocycles. The zero-order valence-electron chi connectivity index (χ0n) is 8.61. The lowest BCUT2D eigenvalue weighted by Gasteiger charge is -2.13. The lowest BCUT2D eigenvalue weighted by atomic mass is 10.1. The van der Waals surface area contributed by atoms with Crippen molar-refractivity contribution < 1.29 is 22.8 Å². The van der Waals surface area contributed by atoms with Crippen LogP contribution in [-0.2, 0) is 6.54 Å². The number of aromatic nitrogens is 1. The van der Waals surface area contributed by atoms with Crippen molar-refractivity contribution in [2.75, 3.05) is 0 Å². The standard InChI is InChI=1S/C8H8F3N3O3/c1-4-6(17-8(9,10)11)5(2-12)3-13-7(4)14(15)16/h3H,2,12H2,1H3. The first-order chi connectivity index (χ1) is 7.76. The van der Waals surface area contributed by atoms with E-state index < -0.39 is 22.9 Å². The SMILES string of the molecule is Cc1c([N+](=O)[O-])ncc(CN)c1OC(F)(F)F. The fourth-order valence-corrected chi connectivity index (χ4v) is 1.22. The molecule has 0 aliphatic rings. The fourth-order valence-electron chi connectivity index (χ4n) is 1.22. The number of alkyl halides is 3. The van der Waals surface area contributed by atoms with E-state index >= 15 is 0 Å². The summed E-state index contributed by atoms with van der Waals surface area (Å²) in [6, 6.07) is 0. The van der Waals surface area contributed by atoms with Crippen molar-refractivity contribution >= 4 is 5.82 Å². The van der Waals surface area contributed by atoms with Gasteiger partial charge in [0.2, 0.25) is 0 Å². The second-order valence-corrected chi connectivity index (χ2v) is 3.07. The molecule has 1 aromatic rings. The predicted molar refractivity (Wildman–Crippen MR) is 50.2 cm³/mol. The molecule has 9 heteroatoms. The van der Waals surface area contributed by atoms with Gasteiger partial charge in [0.15, 0.2) is 0 Å². The molecule has 94 valence electrons. The monoisotopic (exact) mass is 251 g/mol. The second-order valence-electron chi connectivity index (χ2n) is 3.07. The average Bonchev–Trinajstić information content (AvgIpc) is 2.18. The van der Waals surface area contributed by atoms with Crippen LogP contribution in [0.2, 0.25) is 0 Å². The maximum atomic E-state index is 12.1. The molecule has 2 N–H and O–H groups in total. The van der Waals surface area contributed by atoms with Crippen LogP contribution < -0.4 is 10.5 Å². The van der Waals surface area contributed by atoms with E-state index in [1.807, 2.05) is 0 Å². The third-order valence-electron chi connectivity index (χ3n) is 1.92. The van der Waals surface area contributed by atoms with E-state index in [1.165, 1.54) is 0 Å². The third kappa shape index (κ3) is 3.03. The molecule has 0 aliphatic heterocycles. The number of hydrogen-bond acceptors (Lipinski definition) is 5. The van der Waals surface area contributed by atoms with E-state index in [-0.39, 0.29) is 17.7 Å². The normalized spacial score (nSPS) is 11.4. The summed E-state index contributed by atoms with van der Waals surface area (Å²) in [5, 5.41) is 10.5. The zero-order valence-corrected chi connectivity index (χ0v) is 8.61. The van der Waals surface area contributed by atoms with Crippen LogP contribution in [0, 0.1) is 17.0 Å². The smallest absolute Gasteiger partial charge is 0.405 e. The molecule has 1 rings (SSSR count). The van der Waals surface area contributed by atoms with Crippen LogP contribution in [0.15, 0.2) is 6.20 Å². The van der Waals surface area contributed by atoms with Gasteiger partial charge in [0.25, 0.3) is 0 Å². The molecule has 1 heterocycles. The van der Waals surface area contributed by atoms with Gasteiger partial charge in [-0.05, 0) is 16.8 Å². The quantitative estimate of drug-likeness (QED) is 0.651. The van der Waals surface area contributed by atoms with E-state index in [2.05, 4.69) is 9.72 Å². The first-order valence-corrected chi connectivity index (χ1v) is 4.35. The summed E-state index contributed by atoms with van der Waals surface area (Å²) in [4.78, 5) is 13.0. The van der Waals surface area contributed by atoms with E-state index in [1.54, 1.807) is 0 Å². The van der Waals surface area contributed by atoms with Gasteiger partial charge in [-0.2, -0.15) is 0 Å². The number of halogens is 3. The highest BCUT2D eigenvalue weighted by atomic mass is 19.4. The molecule has 0 fully saturated rings. The summed E-state index contributed by atoms with van der Waals surface area (Å²) in [6.07, 6.45) is -4.05. The van der Waals surface area contributed by atoms with E-state index in [4.69, 9.17) is 5.73 Å². The Morgan fingerprint density at radius 1 is 1.59 bits per heavy atom. The Labute approximate surface area is 93.3 Å². The van der Waals surface area contributed by atoms with Crippen LogP contribution in [0.3, 0.4) is 0 Å². The van der Waals surface area contributed by atoms with Crippen molar-refractivity contribution in [2.24, 2.45) is 5.73 Å². The highest BCUT2D eigenvalue weighted by Crippen LogP contribution is 2.33. The number of pyridine rings is 1. The maximum absolute atomic E-state index is 12.1. The molecule has 6 nitrogen and oxygen atoms in total. The summed E-state index contributed by atoms with van der Waals surface area (Å²) >= 11 is 0. The molecule has 0 aromatic carbocycles. The van der Waals surface area contributed by atoms with Crippen LogP contribution in [0.4, 0.5) is 19.0 Å². The van der Waals surface area contributed by atoms with Crippen molar-refractivity contribution in [2.45, 2.75) is 19.8 Å². The van der Waals surface area contributed by atoms with Crippen molar-refractivity contribution in [1.82, 2.24) is 4.98 Å². The molecule has 0 radical (unpaired) electrons. The number of nitrogens with two attached hydrogens (primary N) is 1. The largest absolute Gasteiger partial charge is 0.573 e. The molecule has 0 amide bonds. The van der Waals surface area contributed by atoms with Gasteiger partial charge < -0.3 is 20.6 Å². The lowest BCUT2D eigenvalue weighted by Crippen LogP contribution is -2.20. The number of hydrogen-bond donors (Lipinski definition) is 1. The van der Waals surface area contributed by atoms with Crippen molar-refractivity contribution in [3.8, 4) is 5.75 Å². The Kier molecular flexibility index (Phi) is 3.51. The van der Waals surface area contributed by atoms with Gasteiger partial charge in [-0.25, -0.2) is 0 Å². The van der Waals surface area contributed by atoms with Crippen LogP contribution in [0.25, 0.3) is 0 Å². The first kappa shape index (κ1) is 13.2. The Bertz CT molecular complexity index is 448. The molecule has 0 saturated carbocycles. The van der Waals surface area contributed by atoms with Crippen molar-refractivity contribution in [1.29, 1.82) is 0 Å². The van der Waals surface area contributed by atoms with Gasteiger partial charge in [0.05, 0.1) is 11.1 Å². The average molecular weight is 251 g/mol. The Morgan fingerprint density at radius 2 is 2.18 bits per heavy atom. The minimum absolute atomic E-state index is 0.0505. The highest BCUT2D eigenvalue weighted by Gasteiger charge is 2.34. The molecule has 0 unspecified atom stereocenters. The van der Waals surface area contributed by atoms with Crippen LogP contribution >= 0.6 is 0 Å². The number of nitro groups is 1. The number of nitrogens with zero attached hydrogens (tertiary/aromatic N) is 2. The molecule has 0 aliphatic carbocycles. The van der Waals surface area contributed by atoms with E-state index in [0.717, 1.165) is 13.1 Å². The lowest BCUT2D eigenvalue weighted by molar-refractivity contribution is -0.390. The van der Waals surface area contributed by atoms with Gasteiger partial charge in [0.1, 0.15) is 11.9 Å². The minimum Gasteiger partial charge on any atom is -0.405 e. The summed E-state index contributed by atoms with van der Waals surface area (Å²) < 4.78 is 40.1. The molecule has 17 heavy (non-hydrogen) atoms. The minimum atomic E-state index is -4.94. The molecular weight excluding hydrogens is 243 g/mol. The second kappa shape index (κ2) is 4.53. The molecule has 0 spiro atoms. The summed E-state index contributed by atoms with van der Waals surface area (Å²) in [5.74, 6) is -1.36. The summed E-state index contributed by atoms with van der Waals surface area (Å²) in [6.45, 7) is 0.850. The molecule has 0 saturated heterocycles. The first-order valence-electron chi connectivity index (χ1n) is 4.35. The summed E-state index contributed by atoms with van der Waals surface area (Å²) in [5.41, 5.74) is 4.85. The molecular formula is C8H8F3N3O3.